The zero-order valence-electron chi connectivity index (χ0n) is 12.1. The highest BCUT2D eigenvalue weighted by atomic mass is 35.5. The summed E-state index contributed by atoms with van der Waals surface area (Å²) < 4.78 is 0. The van der Waals surface area contributed by atoms with Gasteiger partial charge < -0.3 is 11.1 Å². The number of fused-ring (bicyclic) bond motifs is 3. The largest absolute Gasteiger partial charge is 0.352 e. The molecule has 2 fully saturated rings. The Kier molecular flexibility index (Phi) is 3.98. The molecule has 0 bridgehead atoms. The lowest BCUT2D eigenvalue weighted by atomic mass is 9.99. The molecule has 0 radical (unpaired) electrons. The SMILES string of the molecule is Cl.N[C@@H]1CCC[C@H]1CC(=O)NC1C2Cc3ccccc3C21. The van der Waals surface area contributed by atoms with E-state index in [-0.39, 0.29) is 24.4 Å². The normalized spacial score (nSPS) is 35.6. The monoisotopic (exact) mass is 306 g/mol. The first kappa shape index (κ1) is 14.9. The topological polar surface area (TPSA) is 55.1 Å². The zero-order chi connectivity index (χ0) is 13.7. The van der Waals surface area contributed by atoms with Crippen LogP contribution in [0.1, 0.15) is 42.7 Å². The molecule has 1 aromatic rings. The summed E-state index contributed by atoms with van der Waals surface area (Å²) in [5.41, 5.74) is 8.99. The Morgan fingerprint density at radius 3 is 2.86 bits per heavy atom. The van der Waals surface area contributed by atoms with Crippen LogP contribution in [0.3, 0.4) is 0 Å². The smallest absolute Gasteiger partial charge is 0.220 e. The Morgan fingerprint density at radius 1 is 1.29 bits per heavy atom. The van der Waals surface area contributed by atoms with Crippen molar-refractivity contribution in [2.75, 3.05) is 0 Å². The number of carbonyl (C=O) groups is 1. The number of hydrogen-bond acceptors (Lipinski definition) is 2. The highest BCUT2D eigenvalue weighted by molar-refractivity contribution is 5.85. The van der Waals surface area contributed by atoms with Crippen molar-refractivity contribution in [1.82, 2.24) is 5.32 Å². The van der Waals surface area contributed by atoms with Crippen LogP contribution in [0.2, 0.25) is 0 Å². The maximum absolute atomic E-state index is 12.2. The van der Waals surface area contributed by atoms with Crippen LogP contribution in [0.15, 0.2) is 24.3 Å². The van der Waals surface area contributed by atoms with E-state index in [4.69, 9.17) is 5.73 Å². The minimum atomic E-state index is 0. The molecule has 0 heterocycles. The van der Waals surface area contributed by atoms with Crippen molar-refractivity contribution < 1.29 is 4.79 Å². The van der Waals surface area contributed by atoms with Crippen LogP contribution in [-0.2, 0) is 11.2 Å². The van der Waals surface area contributed by atoms with Gasteiger partial charge in [0.2, 0.25) is 5.91 Å². The van der Waals surface area contributed by atoms with E-state index in [0.29, 0.717) is 30.2 Å². The van der Waals surface area contributed by atoms with Gasteiger partial charge in [-0.05, 0) is 42.2 Å². The van der Waals surface area contributed by atoms with Crippen molar-refractivity contribution in [3.8, 4) is 0 Å². The molecular weight excluding hydrogens is 284 g/mol. The fourth-order valence-electron chi connectivity index (χ4n) is 4.35. The maximum atomic E-state index is 12.2. The second-order valence-corrected chi connectivity index (χ2v) is 6.74. The lowest BCUT2D eigenvalue weighted by molar-refractivity contribution is -0.122. The van der Waals surface area contributed by atoms with E-state index >= 15 is 0 Å². The standard InChI is InChI=1S/C17H22N2O.ClH/c18-14-7-3-5-11(14)9-15(20)19-17-13-8-10-4-1-2-6-12(10)16(13)17;/h1-2,4,6,11,13-14,16-17H,3,5,7-9,18H2,(H,19,20);1H/t11-,13?,14+,16?,17?;/m0./s1. The van der Waals surface area contributed by atoms with Crippen LogP contribution in [-0.4, -0.2) is 18.0 Å². The van der Waals surface area contributed by atoms with Gasteiger partial charge in [-0.15, -0.1) is 12.4 Å². The average Bonchev–Trinajstić information content (AvgIpc) is 2.79. The Hall–Kier alpha value is -1.06. The summed E-state index contributed by atoms with van der Waals surface area (Å²) in [6, 6.07) is 9.28. The van der Waals surface area contributed by atoms with Crippen molar-refractivity contribution in [2.45, 2.75) is 50.1 Å². The van der Waals surface area contributed by atoms with Gasteiger partial charge in [0, 0.05) is 24.4 Å². The van der Waals surface area contributed by atoms with E-state index in [2.05, 4.69) is 29.6 Å². The molecule has 0 aromatic heterocycles. The average molecular weight is 307 g/mol. The molecule has 2 saturated carbocycles. The summed E-state index contributed by atoms with van der Waals surface area (Å²) in [6.07, 6.45) is 5.14. The lowest BCUT2D eigenvalue weighted by Gasteiger charge is -2.15. The van der Waals surface area contributed by atoms with Crippen LogP contribution in [0.4, 0.5) is 0 Å². The molecule has 3 unspecified atom stereocenters. The summed E-state index contributed by atoms with van der Waals surface area (Å²) in [5, 5.41) is 3.25. The Balaban J connectivity index is 0.00000132. The second kappa shape index (κ2) is 5.62. The maximum Gasteiger partial charge on any atom is 0.220 e. The number of rotatable bonds is 3. The number of halogens is 1. The third-order valence-corrected chi connectivity index (χ3v) is 5.53. The predicted octanol–water partition coefficient (Wildman–Crippen LogP) is 2.38. The number of benzene rings is 1. The minimum absolute atomic E-state index is 0. The number of nitrogens with two attached hydrogens (primary N) is 1. The van der Waals surface area contributed by atoms with Crippen LogP contribution in [0, 0.1) is 11.8 Å². The second-order valence-electron chi connectivity index (χ2n) is 6.74. The Labute approximate surface area is 132 Å². The van der Waals surface area contributed by atoms with Crippen LogP contribution < -0.4 is 11.1 Å². The number of hydrogen-bond donors (Lipinski definition) is 2. The first-order chi connectivity index (χ1) is 9.74. The summed E-state index contributed by atoms with van der Waals surface area (Å²) in [6.45, 7) is 0. The molecule has 1 aromatic carbocycles. The molecule has 3 aliphatic rings. The molecule has 4 rings (SSSR count). The molecule has 0 spiro atoms. The van der Waals surface area contributed by atoms with Gasteiger partial charge in [0.15, 0.2) is 0 Å². The molecule has 3 nitrogen and oxygen atoms in total. The molecular formula is C17H23ClN2O. The van der Waals surface area contributed by atoms with E-state index < -0.39 is 0 Å². The molecule has 5 atom stereocenters. The number of carbonyl (C=O) groups excluding carboxylic acids is 1. The number of amides is 1. The molecule has 4 heteroatoms. The van der Waals surface area contributed by atoms with Crippen LogP contribution in [0.5, 0.6) is 0 Å². The Bertz CT molecular complexity index is 547. The third kappa shape index (κ3) is 2.58. The fraction of sp³-hybridized carbons (Fsp3) is 0.588. The van der Waals surface area contributed by atoms with Gasteiger partial charge in [-0.3, -0.25) is 4.79 Å². The van der Waals surface area contributed by atoms with E-state index in [1.165, 1.54) is 17.5 Å². The number of nitrogens with one attached hydrogen (secondary N) is 1. The van der Waals surface area contributed by atoms with Crippen molar-refractivity contribution in [1.29, 1.82) is 0 Å². The predicted molar refractivity (Wildman–Crippen MR) is 85.5 cm³/mol. The van der Waals surface area contributed by atoms with Crippen LogP contribution in [0.25, 0.3) is 0 Å². The molecule has 0 aliphatic heterocycles. The summed E-state index contributed by atoms with van der Waals surface area (Å²) in [7, 11) is 0. The van der Waals surface area contributed by atoms with Crippen molar-refractivity contribution in [3.05, 3.63) is 35.4 Å². The lowest BCUT2D eigenvalue weighted by Crippen LogP contribution is -2.34. The highest BCUT2D eigenvalue weighted by Gasteiger charge is 2.56. The summed E-state index contributed by atoms with van der Waals surface area (Å²) in [5.74, 6) is 1.84. The quantitative estimate of drug-likeness (QED) is 0.901. The van der Waals surface area contributed by atoms with E-state index in [1.807, 2.05) is 0 Å². The van der Waals surface area contributed by atoms with Crippen molar-refractivity contribution in [3.63, 3.8) is 0 Å². The van der Waals surface area contributed by atoms with E-state index in [1.54, 1.807) is 0 Å². The summed E-state index contributed by atoms with van der Waals surface area (Å²) >= 11 is 0. The molecule has 3 aliphatic carbocycles. The first-order valence-corrected chi connectivity index (χ1v) is 7.87. The van der Waals surface area contributed by atoms with Gasteiger partial charge >= 0.3 is 0 Å². The Morgan fingerprint density at radius 2 is 2.10 bits per heavy atom. The van der Waals surface area contributed by atoms with Gasteiger partial charge in [-0.1, -0.05) is 30.7 Å². The van der Waals surface area contributed by atoms with Crippen molar-refractivity contribution >= 4 is 18.3 Å². The highest BCUT2D eigenvalue weighted by Crippen LogP contribution is 2.56. The van der Waals surface area contributed by atoms with Crippen molar-refractivity contribution in [2.24, 2.45) is 17.6 Å². The van der Waals surface area contributed by atoms with Gasteiger partial charge in [0.25, 0.3) is 0 Å². The van der Waals surface area contributed by atoms with E-state index in [0.717, 1.165) is 19.3 Å². The van der Waals surface area contributed by atoms with E-state index in [9.17, 15) is 4.79 Å². The third-order valence-electron chi connectivity index (χ3n) is 5.53. The molecule has 1 amide bonds. The van der Waals surface area contributed by atoms with Gasteiger partial charge in [-0.2, -0.15) is 0 Å². The fourth-order valence-corrected chi connectivity index (χ4v) is 4.35. The van der Waals surface area contributed by atoms with Crippen LogP contribution >= 0.6 is 12.4 Å². The zero-order valence-corrected chi connectivity index (χ0v) is 12.9. The van der Waals surface area contributed by atoms with Gasteiger partial charge in [0.1, 0.15) is 0 Å². The molecule has 21 heavy (non-hydrogen) atoms. The molecule has 3 N–H and O–H groups in total. The van der Waals surface area contributed by atoms with Gasteiger partial charge in [0.05, 0.1) is 0 Å². The first-order valence-electron chi connectivity index (χ1n) is 7.87. The minimum Gasteiger partial charge on any atom is -0.352 e. The molecule has 0 saturated heterocycles. The summed E-state index contributed by atoms with van der Waals surface area (Å²) in [4.78, 5) is 12.2. The molecule has 114 valence electrons. The van der Waals surface area contributed by atoms with Gasteiger partial charge in [-0.25, -0.2) is 0 Å².